The number of hydrogen-bond donors (Lipinski definition) is 2. The zero-order valence-electron chi connectivity index (χ0n) is 22.7. The van der Waals surface area contributed by atoms with Crippen LogP contribution in [0.25, 0.3) is 0 Å². The Labute approximate surface area is 219 Å². The van der Waals surface area contributed by atoms with Crippen LogP contribution < -0.4 is 15.4 Å². The van der Waals surface area contributed by atoms with Crippen molar-refractivity contribution in [3.63, 3.8) is 0 Å². The molecule has 0 aliphatic carbocycles. The van der Waals surface area contributed by atoms with Gasteiger partial charge in [0.2, 0.25) is 0 Å². The average Bonchev–Trinajstić information content (AvgIpc) is 3.54. The van der Waals surface area contributed by atoms with E-state index in [1.807, 2.05) is 33.8 Å². The molecule has 37 heavy (non-hydrogen) atoms. The molecule has 1 fully saturated rings. The summed E-state index contributed by atoms with van der Waals surface area (Å²) in [6, 6.07) is -0.285. The molecule has 1 aromatic rings. The summed E-state index contributed by atoms with van der Waals surface area (Å²) in [6.45, 7) is 12.8. The molecular weight excluding hydrogens is 476 g/mol. The number of benzene rings is 1. The number of methoxy groups -OCH3 is 1. The Hall–Kier alpha value is -3.11. The van der Waals surface area contributed by atoms with Crippen molar-refractivity contribution in [2.24, 2.45) is 0 Å². The molecule has 2 amide bonds. The lowest BCUT2D eigenvalue weighted by atomic mass is 9.93. The smallest absolute Gasteiger partial charge is 0.341 e. The Bertz CT molecular complexity index is 1030. The van der Waals surface area contributed by atoms with E-state index in [4.69, 9.17) is 14.2 Å². The van der Waals surface area contributed by atoms with Crippen molar-refractivity contribution >= 4 is 23.7 Å². The van der Waals surface area contributed by atoms with Crippen LogP contribution in [0.2, 0.25) is 0 Å². The van der Waals surface area contributed by atoms with Gasteiger partial charge in [0, 0.05) is 56.9 Å². The summed E-state index contributed by atoms with van der Waals surface area (Å²) < 4.78 is 16.4. The van der Waals surface area contributed by atoms with E-state index in [9.17, 15) is 14.4 Å². The first-order valence-corrected chi connectivity index (χ1v) is 13.0. The van der Waals surface area contributed by atoms with Gasteiger partial charge in [-0.1, -0.05) is 11.6 Å². The number of urea groups is 1. The zero-order valence-corrected chi connectivity index (χ0v) is 22.7. The number of hydrogen-bond acceptors (Lipinski definition) is 8. The van der Waals surface area contributed by atoms with Crippen molar-refractivity contribution < 1.29 is 28.6 Å². The summed E-state index contributed by atoms with van der Waals surface area (Å²) in [5, 5.41) is 6.21. The highest BCUT2D eigenvalue weighted by Gasteiger charge is 2.33. The number of carbonyl (C=O) groups excluding carboxylic acids is 3. The topological polar surface area (TPSA) is 109 Å². The molecule has 2 aliphatic heterocycles. The standard InChI is InChI=1S/C27H40N4O6/c1-6-31(7-2)27(34)29-24-20(25(35-5)19(4)21-16-37-26(33)23(21)24)10-8-18(3)9-11-22(32)36-15-14-30-13-12-28-17-30/h8,28H,6-7,9-17H2,1-5H3,(H,29,34)/b18-8+. The number of nitrogens with zero attached hydrogens (tertiary/aromatic N) is 2. The fourth-order valence-electron chi connectivity index (χ4n) is 4.67. The first-order chi connectivity index (χ1) is 17.8. The van der Waals surface area contributed by atoms with Crippen LogP contribution in [0.1, 0.15) is 60.7 Å². The zero-order chi connectivity index (χ0) is 26.9. The predicted molar refractivity (Wildman–Crippen MR) is 141 cm³/mol. The molecular formula is C27H40N4O6. The Balaban J connectivity index is 1.74. The Kier molecular flexibility index (Phi) is 10.3. The first kappa shape index (κ1) is 28.5. The summed E-state index contributed by atoms with van der Waals surface area (Å²) in [4.78, 5) is 41.7. The minimum Gasteiger partial charge on any atom is -0.496 e. The number of nitrogens with one attached hydrogen (secondary N) is 2. The number of anilines is 1. The molecule has 3 rings (SSSR count). The van der Waals surface area contributed by atoms with Gasteiger partial charge in [0.05, 0.1) is 18.4 Å². The van der Waals surface area contributed by atoms with E-state index in [1.54, 1.807) is 12.0 Å². The predicted octanol–water partition coefficient (Wildman–Crippen LogP) is 3.22. The van der Waals surface area contributed by atoms with Gasteiger partial charge in [-0.25, -0.2) is 9.59 Å². The van der Waals surface area contributed by atoms with Crippen molar-refractivity contribution in [1.82, 2.24) is 15.1 Å². The number of fused-ring (bicyclic) bond motifs is 1. The van der Waals surface area contributed by atoms with Crippen LogP contribution in [0.4, 0.5) is 10.5 Å². The van der Waals surface area contributed by atoms with Crippen molar-refractivity contribution in [3.05, 3.63) is 33.9 Å². The second-order valence-corrected chi connectivity index (χ2v) is 9.30. The van der Waals surface area contributed by atoms with Gasteiger partial charge in [0.25, 0.3) is 0 Å². The van der Waals surface area contributed by atoms with E-state index >= 15 is 0 Å². The van der Waals surface area contributed by atoms with Crippen LogP contribution >= 0.6 is 0 Å². The normalized spacial score (nSPS) is 15.4. The quantitative estimate of drug-likeness (QED) is 0.322. The number of carbonyl (C=O) groups is 3. The second kappa shape index (κ2) is 13.4. The van der Waals surface area contributed by atoms with Gasteiger partial charge >= 0.3 is 18.0 Å². The molecule has 204 valence electrons. The van der Waals surface area contributed by atoms with Crippen LogP contribution in [0.3, 0.4) is 0 Å². The maximum atomic E-state index is 13.0. The van der Waals surface area contributed by atoms with Crippen molar-refractivity contribution in [1.29, 1.82) is 0 Å². The van der Waals surface area contributed by atoms with Gasteiger partial charge in [-0.15, -0.1) is 0 Å². The number of amides is 2. The van der Waals surface area contributed by atoms with Crippen LogP contribution in [0, 0.1) is 6.92 Å². The molecule has 2 N–H and O–H groups in total. The lowest BCUT2D eigenvalue weighted by Crippen LogP contribution is -2.35. The minimum absolute atomic E-state index is 0.149. The third-order valence-corrected chi connectivity index (χ3v) is 6.95. The van der Waals surface area contributed by atoms with Crippen molar-refractivity contribution in [2.75, 3.05) is 58.4 Å². The second-order valence-electron chi connectivity index (χ2n) is 9.30. The third kappa shape index (κ3) is 7.01. The minimum atomic E-state index is -0.454. The molecule has 2 heterocycles. The molecule has 10 nitrogen and oxygen atoms in total. The Morgan fingerprint density at radius 1 is 1.24 bits per heavy atom. The monoisotopic (exact) mass is 516 g/mol. The van der Waals surface area contributed by atoms with E-state index in [0.29, 0.717) is 61.5 Å². The highest BCUT2D eigenvalue weighted by atomic mass is 16.5. The number of esters is 2. The number of ether oxygens (including phenoxy) is 3. The molecule has 1 aromatic carbocycles. The summed E-state index contributed by atoms with van der Waals surface area (Å²) >= 11 is 0. The van der Waals surface area contributed by atoms with Crippen molar-refractivity contribution in [2.45, 2.75) is 53.6 Å². The van der Waals surface area contributed by atoms with Crippen LogP contribution in [0.15, 0.2) is 11.6 Å². The van der Waals surface area contributed by atoms with E-state index in [-0.39, 0.29) is 18.6 Å². The summed E-state index contributed by atoms with van der Waals surface area (Å²) in [6.07, 6.45) is 3.26. The van der Waals surface area contributed by atoms with Gasteiger partial charge in [0.15, 0.2) is 0 Å². The molecule has 0 saturated carbocycles. The van der Waals surface area contributed by atoms with Gasteiger partial charge in [0.1, 0.15) is 19.0 Å². The highest BCUT2D eigenvalue weighted by molar-refractivity contribution is 6.05. The fourth-order valence-corrected chi connectivity index (χ4v) is 4.67. The molecule has 10 heteroatoms. The molecule has 0 unspecified atom stereocenters. The number of rotatable bonds is 12. The maximum absolute atomic E-state index is 13.0. The maximum Gasteiger partial charge on any atom is 0.341 e. The lowest BCUT2D eigenvalue weighted by molar-refractivity contribution is -0.143. The SMILES string of the molecule is CCN(CC)C(=O)Nc1c(C/C=C(\C)CCC(=O)OCCN2CCNC2)c(OC)c(C)c2c1C(=O)OC2. The Morgan fingerprint density at radius 2 is 2.00 bits per heavy atom. The highest BCUT2D eigenvalue weighted by Crippen LogP contribution is 2.41. The fraction of sp³-hybridized carbons (Fsp3) is 0.593. The largest absolute Gasteiger partial charge is 0.496 e. The molecule has 1 saturated heterocycles. The van der Waals surface area contributed by atoms with E-state index in [1.165, 1.54) is 0 Å². The number of allylic oxidation sites excluding steroid dienone is 2. The van der Waals surface area contributed by atoms with Gasteiger partial charge in [-0.05, 0) is 46.1 Å². The first-order valence-electron chi connectivity index (χ1n) is 13.0. The van der Waals surface area contributed by atoms with Gasteiger partial charge in [-0.2, -0.15) is 0 Å². The summed E-state index contributed by atoms with van der Waals surface area (Å²) in [7, 11) is 1.58. The van der Waals surface area contributed by atoms with Crippen LogP contribution in [0.5, 0.6) is 5.75 Å². The van der Waals surface area contributed by atoms with E-state index in [2.05, 4.69) is 15.5 Å². The van der Waals surface area contributed by atoms with Crippen LogP contribution in [-0.2, 0) is 27.3 Å². The van der Waals surface area contributed by atoms with Gasteiger partial charge < -0.3 is 29.7 Å². The van der Waals surface area contributed by atoms with Crippen molar-refractivity contribution in [3.8, 4) is 5.75 Å². The third-order valence-electron chi connectivity index (χ3n) is 6.95. The average molecular weight is 517 g/mol. The van der Waals surface area contributed by atoms with Gasteiger partial charge in [-0.3, -0.25) is 9.69 Å². The molecule has 0 spiro atoms. The van der Waals surface area contributed by atoms with Crippen LogP contribution in [-0.4, -0.2) is 80.9 Å². The molecule has 0 aromatic heterocycles. The molecule has 0 bridgehead atoms. The molecule has 0 atom stereocenters. The molecule has 2 aliphatic rings. The Morgan fingerprint density at radius 3 is 2.65 bits per heavy atom. The van der Waals surface area contributed by atoms with E-state index < -0.39 is 5.97 Å². The lowest BCUT2D eigenvalue weighted by Gasteiger charge is -2.23. The summed E-state index contributed by atoms with van der Waals surface area (Å²) in [5.74, 6) is -0.0578. The number of cyclic esters (lactones) is 1. The molecule has 0 radical (unpaired) electrons. The van der Waals surface area contributed by atoms with E-state index in [0.717, 1.165) is 43.0 Å². The summed E-state index contributed by atoms with van der Waals surface area (Å²) in [5.41, 5.74) is 4.08.